The first-order valence-corrected chi connectivity index (χ1v) is 7.85. The molecule has 1 saturated carbocycles. The van der Waals surface area contributed by atoms with Gasteiger partial charge in [0.25, 0.3) is 0 Å². The molecule has 2 nitrogen and oxygen atoms in total. The van der Waals surface area contributed by atoms with Crippen LogP contribution in [0, 0.1) is 0 Å². The van der Waals surface area contributed by atoms with Gasteiger partial charge in [0, 0.05) is 5.56 Å². The zero-order chi connectivity index (χ0) is 14.7. The number of allylic oxidation sites excluding steroid dienone is 1. The van der Waals surface area contributed by atoms with Crippen LogP contribution in [0.1, 0.15) is 55.2 Å². The van der Waals surface area contributed by atoms with E-state index in [1.807, 2.05) is 18.2 Å². The van der Waals surface area contributed by atoms with Crippen LogP contribution < -0.4 is 4.74 Å². The molecule has 2 aliphatic rings. The average Bonchev–Trinajstić information content (AvgIpc) is 2.55. The third-order valence-corrected chi connectivity index (χ3v) is 4.56. The lowest BCUT2D eigenvalue weighted by Gasteiger charge is -2.26. The Balaban J connectivity index is 1.88. The summed E-state index contributed by atoms with van der Waals surface area (Å²) in [7, 11) is 0. The maximum absolute atomic E-state index is 13.5. The molecule has 0 atom stereocenters. The topological polar surface area (TPSA) is 26.3 Å². The van der Waals surface area contributed by atoms with E-state index in [0.29, 0.717) is 17.7 Å². The Bertz CT molecular complexity index is 557. The van der Waals surface area contributed by atoms with E-state index in [1.165, 1.54) is 19.3 Å². The number of aldehydes is 1. The summed E-state index contributed by atoms with van der Waals surface area (Å²) in [6.45, 7) is -0.504. The number of benzene rings is 1. The first kappa shape index (κ1) is 14.3. The summed E-state index contributed by atoms with van der Waals surface area (Å²) in [5, 5.41) is 0. The number of hydrogen-bond donors (Lipinski definition) is 0. The van der Waals surface area contributed by atoms with Crippen LogP contribution in [0.15, 0.2) is 17.7 Å². The number of fused-ring (bicyclic) bond motifs is 1. The molecule has 0 aromatic heterocycles. The number of rotatable bonds is 4. The summed E-state index contributed by atoms with van der Waals surface area (Å²) in [4.78, 5) is 10.9. The highest BCUT2D eigenvalue weighted by Gasteiger charge is 2.21. The molecule has 0 saturated heterocycles. The predicted molar refractivity (Wildman–Crippen MR) is 81.1 cm³/mol. The molecule has 0 bridgehead atoms. The number of carbonyl (C=O) groups excluding carboxylic acids is 1. The van der Waals surface area contributed by atoms with Gasteiger partial charge in [-0.2, -0.15) is 0 Å². The van der Waals surface area contributed by atoms with Crippen molar-refractivity contribution >= 4 is 12.4 Å². The molecule has 1 aromatic carbocycles. The highest BCUT2D eigenvalue weighted by atomic mass is 19.1. The van der Waals surface area contributed by atoms with Gasteiger partial charge in [-0.25, -0.2) is 4.39 Å². The second-order valence-corrected chi connectivity index (χ2v) is 5.96. The molecule has 21 heavy (non-hydrogen) atoms. The molecule has 1 fully saturated rings. The monoisotopic (exact) mass is 288 g/mol. The van der Waals surface area contributed by atoms with E-state index in [4.69, 9.17) is 4.74 Å². The van der Waals surface area contributed by atoms with Crippen molar-refractivity contribution in [3.63, 3.8) is 0 Å². The fraction of sp³-hybridized carbons (Fsp3) is 0.500. The molecule has 1 aromatic rings. The summed E-state index contributed by atoms with van der Waals surface area (Å²) < 4.78 is 19.6. The molecule has 0 N–H and O–H groups in total. The largest absolute Gasteiger partial charge is 0.490 e. The van der Waals surface area contributed by atoms with Gasteiger partial charge >= 0.3 is 0 Å². The van der Waals surface area contributed by atoms with Crippen molar-refractivity contribution in [2.75, 3.05) is 0 Å². The molecule has 0 amide bonds. The summed E-state index contributed by atoms with van der Waals surface area (Å²) >= 11 is 0. The van der Waals surface area contributed by atoms with Gasteiger partial charge in [-0.05, 0) is 67.4 Å². The maximum Gasteiger partial charge on any atom is 0.146 e. The van der Waals surface area contributed by atoms with Gasteiger partial charge < -0.3 is 4.74 Å². The molecule has 0 unspecified atom stereocenters. The minimum Gasteiger partial charge on any atom is -0.490 e. The highest BCUT2D eigenvalue weighted by Crippen LogP contribution is 2.34. The predicted octanol–water partition coefficient (Wildman–Crippen LogP) is 4.40. The van der Waals surface area contributed by atoms with E-state index >= 15 is 0 Å². The highest BCUT2D eigenvalue weighted by molar-refractivity contribution is 5.84. The van der Waals surface area contributed by atoms with Crippen molar-refractivity contribution in [3.8, 4) is 5.75 Å². The smallest absolute Gasteiger partial charge is 0.146 e. The normalized spacial score (nSPS) is 18.8. The van der Waals surface area contributed by atoms with E-state index in [1.54, 1.807) is 0 Å². The molecule has 2 aliphatic carbocycles. The maximum atomic E-state index is 13.5. The molecule has 3 rings (SSSR count). The Morgan fingerprint density at radius 2 is 2.00 bits per heavy atom. The van der Waals surface area contributed by atoms with Gasteiger partial charge in [0.05, 0.1) is 6.10 Å². The van der Waals surface area contributed by atoms with E-state index < -0.39 is 6.67 Å². The molecule has 0 heterocycles. The minimum atomic E-state index is -0.504. The van der Waals surface area contributed by atoms with Crippen molar-refractivity contribution in [3.05, 3.63) is 34.4 Å². The van der Waals surface area contributed by atoms with Crippen LogP contribution in [0.2, 0.25) is 0 Å². The summed E-state index contributed by atoms with van der Waals surface area (Å²) in [5.74, 6) is 0.700. The Kier molecular flexibility index (Phi) is 4.37. The number of hydrogen-bond acceptors (Lipinski definition) is 2. The van der Waals surface area contributed by atoms with Gasteiger partial charge in [-0.3, -0.25) is 4.79 Å². The number of halogens is 1. The Labute approximate surface area is 125 Å². The first-order valence-electron chi connectivity index (χ1n) is 7.85. The molecular formula is C18H21FO2. The standard InChI is InChI=1S/C18H21FO2/c19-11-17-16-8-6-13(12-20)10-14(16)7-9-18(17)21-15-4-2-1-3-5-15/h7,9-10,12,15H,1-6,8,11H2. The van der Waals surface area contributed by atoms with E-state index in [9.17, 15) is 9.18 Å². The Morgan fingerprint density at radius 1 is 1.19 bits per heavy atom. The number of carbonyl (C=O) groups is 1. The second-order valence-electron chi connectivity index (χ2n) is 5.96. The molecule has 0 aliphatic heterocycles. The Hall–Kier alpha value is -1.64. The number of ether oxygens (including phenoxy) is 1. The SMILES string of the molecule is O=CC1=Cc2ccc(OC3CCCCC3)c(CF)c2CC1. The van der Waals surface area contributed by atoms with Crippen LogP contribution in [0.5, 0.6) is 5.75 Å². The summed E-state index contributed by atoms with van der Waals surface area (Å²) in [6, 6.07) is 3.82. The molecule has 0 spiro atoms. The molecule has 3 heteroatoms. The lowest BCUT2D eigenvalue weighted by molar-refractivity contribution is -0.105. The molecule has 112 valence electrons. The van der Waals surface area contributed by atoms with E-state index in [2.05, 4.69) is 0 Å². The zero-order valence-corrected chi connectivity index (χ0v) is 12.2. The fourth-order valence-electron chi connectivity index (χ4n) is 3.37. The lowest BCUT2D eigenvalue weighted by atomic mass is 9.89. The lowest BCUT2D eigenvalue weighted by Crippen LogP contribution is -2.20. The Morgan fingerprint density at radius 3 is 2.71 bits per heavy atom. The van der Waals surface area contributed by atoms with E-state index in [-0.39, 0.29) is 6.10 Å². The average molecular weight is 288 g/mol. The van der Waals surface area contributed by atoms with Crippen LogP contribution in [0.25, 0.3) is 6.08 Å². The fourth-order valence-corrected chi connectivity index (χ4v) is 3.37. The quantitative estimate of drug-likeness (QED) is 0.768. The van der Waals surface area contributed by atoms with Gasteiger partial charge in [-0.15, -0.1) is 0 Å². The van der Waals surface area contributed by atoms with Gasteiger partial charge in [0.15, 0.2) is 0 Å². The van der Waals surface area contributed by atoms with Gasteiger partial charge in [-0.1, -0.05) is 12.5 Å². The van der Waals surface area contributed by atoms with Gasteiger partial charge in [0.2, 0.25) is 0 Å². The van der Waals surface area contributed by atoms with Crippen molar-refractivity contribution < 1.29 is 13.9 Å². The third kappa shape index (κ3) is 3.02. The number of alkyl halides is 1. The van der Waals surface area contributed by atoms with Crippen LogP contribution in [0.4, 0.5) is 4.39 Å². The van der Waals surface area contributed by atoms with Crippen LogP contribution in [-0.4, -0.2) is 12.4 Å². The van der Waals surface area contributed by atoms with Crippen molar-refractivity contribution in [1.29, 1.82) is 0 Å². The van der Waals surface area contributed by atoms with Crippen molar-refractivity contribution in [2.45, 2.75) is 57.7 Å². The minimum absolute atomic E-state index is 0.228. The molecule has 0 radical (unpaired) electrons. The van der Waals surface area contributed by atoms with Crippen LogP contribution in [-0.2, 0) is 17.9 Å². The summed E-state index contributed by atoms with van der Waals surface area (Å²) in [5.41, 5.74) is 3.44. The van der Waals surface area contributed by atoms with Crippen LogP contribution in [0.3, 0.4) is 0 Å². The van der Waals surface area contributed by atoms with Gasteiger partial charge in [0.1, 0.15) is 18.7 Å². The van der Waals surface area contributed by atoms with Crippen molar-refractivity contribution in [1.82, 2.24) is 0 Å². The van der Waals surface area contributed by atoms with Crippen molar-refractivity contribution in [2.24, 2.45) is 0 Å². The zero-order valence-electron chi connectivity index (χ0n) is 12.2. The molecular weight excluding hydrogens is 267 g/mol. The first-order chi connectivity index (χ1) is 10.3. The van der Waals surface area contributed by atoms with E-state index in [0.717, 1.165) is 42.2 Å². The third-order valence-electron chi connectivity index (χ3n) is 4.56. The van der Waals surface area contributed by atoms with Crippen LogP contribution >= 0.6 is 0 Å². The summed E-state index contributed by atoms with van der Waals surface area (Å²) in [6.07, 6.45) is 10.2. The second kappa shape index (κ2) is 6.42.